The lowest BCUT2D eigenvalue weighted by molar-refractivity contribution is 0.482. The maximum absolute atomic E-state index is 12.6. The van der Waals surface area contributed by atoms with Crippen molar-refractivity contribution in [1.29, 1.82) is 5.26 Å². The Morgan fingerprint density at radius 3 is 2.47 bits per heavy atom. The van der Waals surface area contributed by atoms with Gasteiger partial charge in [-0.25, -0.2) is 13.4 Å². The third kappa shape index (κ3) is 4.17. The summed E-state index contributed by atoms with van der Waals surface area (Å²) in [6.45, 7) is 0. The molecule has 0 atom stereocenters. The molecular weight excluding hydrogens is 418 g/mol. The van der Waals surface area contributed by atoms with E-state index in [0.29, 0.717) is 5.75 Å². The fraction of sp³-hybridized carbons (Fsp3) is 0. The van der Waals surface area contributed by atoms with Gasteiger partial charge >= 0.3 is 0 Å². The quantitative estimate of drug-likeness (QED) is 0.447. The van der Waals surface area contributed by atoms with Gasteiger partial charge in [-0.05, 0) is 29.8 Å². The maximum atomic E-state index is 12.6. The first kappa shape index (κ1) is 19.6. The van der Waals surface area contributed by atoms with Crippen LogP contribution in [0.4, 0.5) is 5.82 Å². The third-order valence-electron chi connectivity index (χ3n) is 4.24. The monoisotopic (exact) mass is 433 g/mol. The molecule has 0 bridgehead atoms. The summed E-state index contributed by atoms with van der Waals surface area (Å²) >= 11 is 1.28. The molecule has 6 nitrogen and oxygen atoms in total. The van der Waals surface area contributed by atoms with Crippen molar-refractivity contribution in [3.63, 3.8) is 0 Å². The van der Waals surface area contributed by atoms with Gasteiger partial charge < -0.3 is 4.74 Å². The van der Waals surface area contributed by atoms with Crippen LogP contribution in [-0.4, -0.2) is 13.4 Å². The molecule has 0 aliphatic heterocycles. The molecule has 4 aromatic rings. The van der Waals surface area contributed by atoms with Crippen LogP contribution in [-0.2, 0) is 10.0 Å². The van der Waals surface area contributed by atoms with E-state index in [0.717, 1.165) is 11.1 Å². The first-order valence-electron chi connectivity index (χ1n) is 8.84. The number of benzene rings is 3. The highest BCUT2D eigenvalue weighted by atomic mass is 32.2. The zero-order valence-electron chi connectivity index (χ0n) is 15.5. The minimum atomic E-state index is -3.87. The van der Waals surface area contributed by atoms with Crippen LogP contribution >= 0.6 is 11.3 Å². The Morgan fingerprint density at radius 2 is 1.73 bits per heavy atom. The number of nitrogens with one attached hydrogen (secondary N) is 1. The van der Waals surface area contributed by atoms with Crippen LogP contribution in [0, 0.1) is 11.3 Å². The number of thiazole rings is 1. The Balaban J connectivity index is 1.67. The van der Waals surface area contributed by atoms with Crippen molar-refractivity contribution in [1.82, 2.24) is 4.98 Å². The van der Waals surface area contributed by atoms with Crippen LogP contribution in [0.3, 0.4) is 0 Å². The van der Waals surface area contributed by atoms with E-state index >= 15 is 0 Å². The summed E-state index contributed by atoms with van der Waals surface area (Å²) in [7, 11) is -3.87. The molecule has 0 radical (unpaired) electrons. The topological polar surface area (TPSA) is 92.1 Å². The van der Waals surface area contributed by atoms with Gasteiger partial charge in [-0.2, -0.15) is 5.26 Å². The molecule has 0 amide bonds. The van der Waals surface area contributed by atoms with Gasteiger partial charge in [0.15, 0.2) is 5.82 Å². The number of ether oxygens (including phenoxy) is 1. The van der Waals surface area contributed by atoms with E-state index in [1.54, 1.807) is 11.4 Å². The molecule has 0 saturated heterocycles. The second kappa shape index (κ2) is 8.37. The van der Waals surface area contributed by atoms with Gasteiger partial charge in [-0.3, -0.25) is 4.72 Å². The summed E-state index contributed by atoms with van der Waals surface area (Å²) in [6.07, 6.45) is 0. The summed E-state index contributed by atoms with van der Waals surface area (Å²) in [5.74, 6) is 1.07. The molecule has 8 heteroatoms. The molecule has 1 aromatic heterocycles. The lowest BCUT2D eigenvalue weighted by Gasteiger charge is -2.13. The molecule has 0 aliphatic rings. The number of hydrogen-bond acceptors (Lipinski definition) is 6. The van der Waals surface area contributed by atoms with Crippen LogP contribution in [0.5, 0.6) is 11.5 Å². The Kier molecular flexibility index (Phi) is 5.48. The van der Waals surface area contributed by atoms with Gasteiger partial charge in [0.25, 0.3) is 10.0 Å². The molecule has 0 fully saturated rings. The summed E-state index contributed by atoms with van der Waals surface area (Å²) in [4.78, 5) is 3.87. The number of sulfonamides is 1. The number of anilines is 1. The number of para-hydroxylation sites is 1. The molecule has 0 spiro atoms. The molecule has 0 aliphatic carbocycles. The second-order valence-electron chi connectivity index (χ2n) is 6.21. The van der Waals surface area contributed by atoms with Crippen LogP contribution in [0.25, 0.3) is 11.1 Å². The predicted molar refractivity (Wildman–Crippen MR) is 116 cm³/mol. The Hall–Kier alpha value is -3.67. The van der Waals surface area contributed by atoms with Gasteiger partial charge in [-0.1, -0.05) is 48.5 Å². The highest BCUT2D eigenvalue weighted by molar-refractivity contribution is 7.92. The van der Waals surface area contributed by atoms with E-state index in [-0.39, 0.29) is 22.0 Å². The number of nitrogens with zero attached hydrogens (tertiary/aromatic N) is 2. The van der Waals surface area contributed by atoms with Gasteiger partial charge in [0.05, 0.1) is 16.0 Å². The third-order valence-corrected chi connectivity index (χ3v) is 6.18. The van der Waals surface area contributed by atoms with Crippen molar-refractivity contribution < 1.29 is 13.2 Å². The number of nitriles is 1. The molecule has 3 aromatic carbocycles. The predicted octanol–water partition coefficient (Wildman–Crippen LogP) is 5.27. The Morgan fingerprint density at radius 1 is 0.967 bits per heavy atom. The number of hydrogen-bond donors (Lipinski definition) is 1. The van der Waals surface area contributed by atoms with Crippen LogP contribution < -0.4 is 9.46 Å². The highest BCUT2D eigenvalue weighted by Gasteiger charge is 2.18. The standard InChI is InChI=1S/C22H15N3O3S2/c23-13-17-12-18(30(26,27)25-22-14-29-15-24-22)10-11-20(17)28-21-9-5-4-8-19(21)16-6-2-1-3-7-16/h1-12,14-15,25H. The minimum absolute atomic E-state index is 0.0456. The van der Waals surface area contributed by atoms with Crippen molar-refractivity contribution in [2.75, 3.05) is 4.72 Å². The summed E-state index contributed by atoms with van der Waals surface area (Å²) in [5, 5.41) is 11.2. The van der Waals surface area contributed by atoms with Crippen molar-refractivity contribution in [3.05, 3.63) is 89.3 Å². The molecule has 1 heterocycles. The van der Waals surface area contributed by atoms with Crippen molar-refractivity contribution in [2.45, 2.75) is 4.90 Å². The Bertz CT molecular complexity index is 1310. The molecule has 0 unspecified atom stereocenters. The van der Waals surface area contributed by atoms with Gasteiger partial charge in [-0.15, -0.1) is 11.3 Å². The first-order valence-corrected chi connectivity index (χ1v) is 11.3. The van der Waals surface area contributed by atoms with Crippen molar-refractivity contribution >= 4 is 27.2 Å². The van der Waals surface area contributed by atoms with E-state index in [2.05, 4.69) is 9.71 Å². The smallest absolute Gasteiger partial charge is 0.263 e. The second-order valence-corrected chi connectivity index (χ2v) is 8.61. The van der Waals surface area contributed by atoms with E-state index in [9.17, 15) is 13.7 Å². The number of rotatable bonds is 6. The van der Waals surface area contributed by atoms with Crippen LogP contribution in [0.15, 0.2) is 88.6 Å². The zero-order chi connectivity index (χ0) is 21.0. The normalized spacial score (nSPS) is 10.9. The summed E-state index contributed by atoms with van der Waals surface area (Å²) in [5.41, 5.74) is 3.47. The lowest BCUT2D eigenvalue weighted by atomic mass is 10.0. The molecule has 30 heavy (non-hydrogen) atoms. The summed E-state index contributed by atoms with van der Waals surface area (Å²) < 4.78 is 33.6. The minimum Gasteiger partial charge on any atom is -0.455 e. The first-order chi connectivity index (χ1) is 14.6. The maximum Gasteiger partial charge on any atom is 0.263 e. The highest BCUT2D eigenvalue weighted by Crippen LogP contribution is 2.35. The molecule has 0 saturated carbocycles. The van der Waals surface area contributed by atoms with Gasteiger partial charge in [0.2, 0.25) is 0 Å². The van der Waals surface area contributed by atoms with Gasteiger partial charge in [0, 0.05) is 10.9 Å². The fourth-order valence-electron chi connectivity index (χ4n) is 2.84. The van der Waals surface area contributed by atoms with E-state index in [4.69, 9.17) is 4.74 Å². The summed E-state index contributed by atoms with van der Waals surface area (Å²) in [6, 6.07) is 23.4. The Labute approximate surface area is 178 Å². The van der Waals surface area contributed by atoms with Crippen molar-refractivity contribution in [3.8, 4) is 28.7 Å². The fourth-order valence-corrected chi connectivity index (χ4v) is 4.43. The zero-order valence-corrected chi connectivity index (χ0v) is 17.2. The average Bonchev–Trinajstić information content (AvgIpc) is 3.27. The van der Waals surface area contributed by atoms with Crippen molar-refractivity contribution in [2.24, 2.45) is 0 Å². The largest absolute Gasteiger partial charge is 0.455 e. The molecule has 1 N–H and O–H groups in total. The van der Waals surface area contributed by atoms with E-state index < -0.39 is 10.0 Å². The number of aromatic nitrogens is 1. The molecule has 148 valence electrons. The van der Waals surface area contributed by atoms with E-state index in [1.165, 1.54) is 35.0 Å². The van der Waals surface area contributed by atoms with Crippen LogP contribution in [0.2, 0.25) is 0 Å². The lowest BCUT2D eigenvalue weighted by Crippen LogP contribution is -2.13. The molecular formula is C22H15N3O3S2. The van der Waals surface area contributed by atoms with E-state index in [1.807, 2.05) is 54.6 Å². The SMILES string of the molecule is N#Cc1cc(S(=O)(=O)Nc2cscn2)ccc1Oc1ccccc1-c1ccccc1. The molecule has 4 rings (SSSR count). The average molecular weight is 434 g/mol. The van der Waals surface area contributed by atoms with Gasteiger partial charge in [0.1, 0.15) is 17.6 Å². The van der Waals surface area contributed by atoms with Crippen LogP contribution in [0.1, 0.15) is 5.56 Å².